The van der Waals surface area contributed by atoms with Gasteiger partial charge in [0.15, 0.2) is 6.39 Å². The monoisotopic (exact) mass is 168 g/mol. The van der Waals surface area contributed by atoms with Crippen molar-refractivity contribution in [3.05, 3.63) is 18.4 Å². The second-order valence-electron chi connectivity index (χ2n) is 3.27. The van der Waals surface area contributed by atoms with Gasteiger partial charge in [0.05, 0.1) is 17.8 Å². The van der Waals surface area contributed by atoms with Gasteiger partial charge < -0.3 is 15.3 Å². The van der Waals surface area contributed by atoms with E-state index in [2.05, 4.69) is 4.98 Å². The van der Waals surface area contributed by atoms with Gasteiger partial charge in [-0.3, -0.25) is 0 Å². The van der Waals surface area contributed by atoms with Crippen molar-refractivity contribution in [2.45, 2.75) is 25.0 Å². The van der Waals surface area contributed by atoms with Gasteiger partial charge in [-0.2, -0.15) is 0 Å². The van der Waals surface area contributed by atoms with Crippen LogP contribution in [0.25, 0.3) is 0 Å². The lowest BCUT2D eigenvalue weighted by atomic mass is 10.1. The molecule has 0 amide bonds. The average molecular weight is 168 g/mol. The van der Waals surface area contributed by atoms with Crippen LogP contribution in [-0.4, -0.2) is 16.2 Å². The molecule has 4 heteroatoms. The van der Waals surface area contributed by atoms with E-state index in [1.165, 1.54) is 12.7 Å². The van der Waals surface area contributed by atoms with Crippen LogP contribution in [0.2, 0.25) is 0 Å². The predicted molar refractivity (Wildman–Crippen MR) is 42.2 cm³/mol. The highest BCUT2D eigenvalue weighted by molar-refractivity contribution is 5.04. The smallest absolute Gasteiger partial charge is 0.180 e. The lowest BCUT2D eigenvalue weighted by molar-refractivity contribution is 0.121. The molecule has 2 rings (SSSR count). The number of rotatable bonds is 3. The number of hydrogen-bond donors (Lipinski definition) is 2. The van der Waals surface area contributed by atoms with Crippen molar-refractivity contribution in [3.63, 3.8) is 0 Å². The van der Waals surface area contributed by atoms with Crippen LogP contribution in [0.4, 0.5) is 0 Å². The fourth-order valence-corrected chi connectivity index (χ4v) is 1.29. The van der Waals surface area contributed by atoms with Crippen LogP contribution in [0.15, 0.2) is 17.1 Å². The molecule has 0 spiro atoms. The maximum atomic E-state index is 9.62. The summed E-state index contributed by atoms with van der Waals surface area (Å²) in [5, 5.41) is 9.62. The third-order valence-electron chi connectivity index (χ3n) is 2.27. The van der Waals surface area contributed by atoms with Gasteiger partial charge in [-0.05, 0) is 18.8 Å². The molecule has 66 valence electrons. The Morgan fingerprint density at radius 3 is 2.92 bits per heavy atom. The van der Waals surface area contributed by atoms with Crippen molar-refractivity contribution in [1.29, 1.82) is 0 Å². The minimum atomic E-state index is -0.463. The molecule has 1 aliphatic carbocycles. The van der Waals surface area contributed by atoms with E-state index in [4.69, 9.17) is 10.2 Å². The zero-order valence-corrected chi connectivity index (χ0v) is 6.68. The van der Waals surface area contributed by atoms with Crippen LogP contribution in [0, 0.1) is 5.92 Å². The molecule has 0 radical (unpaired) electrons. The summed E-state index contributed by atoms with van der Waals surface area (Å²) < 4.78 is 4.78. The predicted octanol–water partition coefficient (Wildman–Crippen LogP) is 0.445. The molecule has 0 bridgehead atoms. The first kappa shape index (κ1) is 7.76. The van der Waals surface area contributed by atoms with E-state index in [0.29, 0.717) is 11.6 Å². The SMILES string of the molecule is NC(c1cocn1)C(O)C1CC1. The zero-order chi connectivity index (χ0) is 8.55. The number of nitrogens with zero attached hydrogens (tertiary/aromatic N) is 1. The summed E-state index contributed by atoms with van der Waals surface area (Å²) in [6, 6.07) is -0.392. The van der Waals surface area contributed by atoms with E-state index in [1.54, 1.807) is 0 Å². The second kappa shape index (κ2) is 2.88. The van der Waals surface area contributed by atoms with Crippen LogP contribution >= 0.6 is 0 Å². The molecule has 1 aromatic heterocycles. The summed E-state index contributed by atoms with van der Waals surface area (Å²) in [7, 11) is 0. The van der Waals surface area contributed by atoms with Crippen molar-refractivity contribution in [2.75, 3.05) is 0 Å². The van der Waals surface area contributed by atoms with Crippen LogP contribution in [0.1, 0.15) is 24.6 Å². The van der Waals surface area contributed by atoms with Crippen molar-refractivity contribution in [2.24, 2.45) is 11.7 Å². The van der Waals surface area contributed by atoms with Gasteiger partial charge in [-0.1, -0.05) is 0 Å². The molecule has 1 fully saturated rings. The van der Waals surface area contributed by atoms with E-state index >= 15 is 0 Å². The minimum Gasteiger partial charge on any atom is -0.451 e. The van der Waals surface area contributed by atoms with Crippen LogP contribution in [-0.2, 0) is 0 Å². The fraction of sp³-hybridized carbons (Fsp3) is 0.625. The number of aliphatic hydroxyl groups excluding tert-OH is 1. The highest BCUT2D eigenvalue weighted by Crippen LogP contribution is 2.36. The third-order valence-corrected chi connectivity index (χ3v) is 2.27. The summed E-state index contributed by atoms with van der Waals surface area (Å²) in [6.45, 7) is 0. The number of oxazole rings is 1. The average Bonchev–Trinajstić information content (AvgIpc) is 2.79. The van der Waals surface area contributed by atoms with Crippen LogP contribution < -0.4 is 5.73 Å². The van der Waals surface area contributed by atoms with Gasteiger partial charge in [-0.15, -0.1) is 0 Å². The first-order valence-electron chi connectivity index (χ1n) is 4.11. The highest BCUT2D eigenvalue weighted by atomic mass is 16.3. The van der Waals surface area contributed by atoms with E-state index in [9.17, 15) is 5.11 Å². The Morgan fingerprint density at radius 1 is 1.67 bits per heavy atom. The standard InChI is InChI=1S/C8H12N2O2/c9-7(6-3-12-4-10-6)8(11)5-1-2-5/h3-5,7-8,11H,1-2,9H2. The van der Waals surface area contributed by atoms with Crippen molar-refractivity contribution in [3.8, 4) is 0 Å². The molecule has 4 nitrogen and oxygen atoms in total. The Morgan fingerprint density at radius 2 is 2.42 bits per heavy atom. The molecule has 3 N–H and O–H groups in total. The lowest BCUT2D eigenvalue weighted by Crippen LogP contribution is -2.28. The van der Waals surface area contributed by atoms with E-state index in [0.717, 1.165) is 12.8 Å². The van der Waals surface area contributed by atoms with Gasteiger partial charge >= 0.3 is 0 Å². The van der Waals surface area contributed by atoms with Crippen LogP contribution in [0.5, 0.6) is 0 Å². The fourth-order valence-electron chi connectivity index (χ4n) is 1.29. The quantitative estimate of drug-likeness (QED) is 0.687. The number of aromatic nitrogens is 1. The lowest BCUT2D eigenvalue weighted by Gasteiger charge is -2.15. The first-order valence-corrected chi connectivity index (χ1v) is 4.11. The molecule has 1 saturated carbocycles. The van der Waals surface area contributed by atoms with E-state index in [1.807, 2.05) is 0 Å². The van der Waals surface area contributed by atoms with Crippen molar-refractivity contribution in [1.82, 2.24) is 4.98 Å². The maximum absolute atomic E-state index is 9.62. The summed E-state index contributed by atoms with van der Waals surface area (Å²) in [5.74, 6) is 0.372. The van der Waals surface area contributed by atoms with Gasteiger partial charge in [0.25, 0.3) is 0 Å². The normalized spacial score (nSPS) is 22.2. The van der Waals surface area contributed by atoms with Gasteiger partial charge in [0.2, 0.25) is 0 Å². The molecule has 0 aliphatic heterocycles. The second-order valence-corrected chi connectivity index (χ2v) is 3.27. The molecule has 1 aromatic rings. The summed E-state index contributed by atoms with van der Waals surface area (Å²) >= 11 is 0. The Hall–Kier alpha value is -0.870. The molecular formula is C8H12N2O2. The number of hydrogen-bond acceptors (Lipinski definition) is 4. The molecule has 0 aromatic carbocycles. The minimum absolute atomic E-state index is 0.372. The summed E-state index contributed by atoms with van der Waals surface area (Å²) in [5.41, 5.74) is 6.39. The Kier molecular flexibility index (Phi) is 1.86. The van der Waals surface area contributed by atoms with Crippen LogP contribution in [0.3, 0.4) is 0 Å². The van der Waals surface area contributed by atoms with Crippen molar-refractivity contribution >= 4 is 0 Å². The summed E-state index contributed by atoms with van der Waals surface area (Å²) in [6.07, 6.45) is 4.50. The Labute approximate surface area is 70.4 Å². The molecule has 1 aliphatic rings. The highest BCUT2D eigenvalue weighted by Gasteiger charge is 2.35. The molecule has 12 heavy (non-hydrogen) atoms. The van der Waals surface area contributed by atoms with E-state index in [-0.39, 0.29) is 0 Å². The molecule has 1 heterocycles. The number of aliphatic hydroxyl groups is 1. The Balaban J connectivity index is 2.03. The van der Waals surface area contributed by atoms with Gasteiger partial charge in [-0.25, -0.2) is 4.98 Å². The maximum Gasteiger partial charge on any atom is 0.180 e. The van der Waals surface area contributed by atoms with Gasteiger partial charge in [0, 0.05) is 0 Å². The summed E-state index contributed by atoms with van der Waals surface area (Å²) in [4.78, 5) is 3.90. The molecule has 2 atom stereocenters. The van der Waals surface area contributed by atoms with E-state index < -0.39 is 12.1 Å². The molecule has 0 saturated heterocycles. The zero-order valence-electron chi connectivity index (χ0n) is 6.68. The van der Waals surface area contributed by atoms with Gasteiger partial charge in [0.1, 0.15) is 6.26 Å². The Bertz CT molecular complexity index is 244. The largest absolute Gasteiger partial charge is 0.451 e. The first-order chi connectivity index (χ1) is 5.79. The third kappa shape index (κ3) is 1.35. The van der Waals surface area contributed by atoms with Crippen molar-refractivity contribution < 1.29 is 9.52 Å². The topological polar surface area (TPSA) is 72.3 Å². The molecular weight excluding hydrogens is 156 g/mol. The number of nitrogens with two attached hydrogens (primary N) is 1. The molecule has 2 unspecified atom stereocenters.